The van der Waals surface area contributed by atoms with E-state index in [1.807, 2.05) is 18.2 Å². The third-order valence-corrected chi connectivity index (χ3v) is 8.63. The second-order valence-corrected chi connectivity index (χ2v) is 10.8. The number of ether oxygens (including phenoxy) is 1. The number of aromatic amines is 1. The normalized spacial score (nSPS) is 22.9. The van der Waals surface area contributed by atoms with Gasteiger partial charge in [0.25, 0.3) is 0 Å². The standard InChI is InChI=1S/C30H31N5O2/c1-18-14-20(5-9-27(18)35-12-10-34(2)11-13-35)28-22-7-4-19(15-26(22)32-33-28)24-17-30(24)23-16-21(37-3)6-8-25(23)31-29(30)36/h4-9,14-16,24H,10-13,17H2,1-3H3,(H,31,36)(H,32,33)/t24-,30-/m0/s1. The molecule has 2 N–H and O–H groups in total. The Bertz CT molecular complexity index is 1550. The number of amides is 1. The van der Waals surface area contributed by atoms with Gasteiger partial charge in [-0.05, 0) is 73.5 Å². The lowest BCUT2D eigenvalue weighted by molar-refractivity contribution is -0.118. The molecule has 1 aromatic heterocycles. The molecule has 1 spiro atoms. The molecule has 4 aromatic rings. The van der Waals surface area contributed by atoms with Crippen LogP contribution in [0, 0.1) is 6.92 Å². The van der Waals surface area contributed by atoms with Crippen molar-refractivity contribution >= 4 is 28.2 Å². The first-order chi connectivity index (χ1) is 18.0. The minimum absolute atomic E-state index is 0.0852. The monoisotopic (exact) mass is 493 g/mol. The largest absolute Gasteiger partial charge is 0.497 e. The van der Waals surface area contributed by atoms with Crippen molar-refractivity contribution in [1.29, 1.82) is 0 Å². The molecule has 7 heteroatoms. The minimum atomic E-state index is -0.503. The van der Waals surface area contributed by atoms with E-state index in [4.69, 9.17) is 9.84 Å². The summed E-state index contributed by atoms with van der Waals surface area (Å²) in [5.74, 6) is 1.01. The first kappa shape index (κ1) is 22.4. The van der Waals surface area contributed by atoms with E-state index < -0.39 is 5.41 Å². The number of H-pyrrole nitrogens is 1. The Labute approximate surface area is 216 Å². The van der Waals surface area contributed by atoms with Crippen LogP contribution in [0.1, 0.15) is 29.0 Å². The first-order valence-electron chi connectivity index (χ1n) is 13.0. The number of carbonyl (C=O) groups excluding carboxylic acids is 1. The number of hydrogen-bond donors (Lipinski definition) is 2. The third kappa shape index (κ3) is 3.37. The summed E-state index contributed by atoms with van der Waals surface area (Å²) in [6.07, 6.45) is 0.804. The SMILES string of the molecule is COc1ccc2c(c1)[C@]1(C[C@H]1c1ccc3c(-c4ccc(N5CCN(C)CC5)c(C)c4)n[nH]c3c1)C(=O)N2. The number of rotatable bonds is 4. The number of aryl methyl sites for hydroxylation is 1. The second-order valence-electron chi connectivity index (χ2n) is 10.8. The number of nitrogens with one attached hydrogen (secondary N) is 2. The van der Waals surface area contributed by atoms with Crippen LogP contribution in [0.25, 0.3) is 22.2 Å². The average molecular weight is 494 g/mol. The molecular formula is C30H31N5O2. The van der Waals surface area contributed by atoms with Crippen molar-refractivity contribution in [2.45, 2.75) is 24.7 Å². The van der Waals surface area contributed by atoms with E-state index in [0.29, 0.717) is 0 Å². The number of carbonyl (C=O) groups is 1. The molecule has 3 aromatic carbocycles. The van der Waals surface area contributed by atoms with Crippen molar-refractivity contribution in [3.63, 3.8) is 0 Å². The van der Waals surface area contributed by atoms with Crippen molar-refractivity contribution in [3.8, 4) is 17.0 Å². The molecule has 0 bridgehead atoms. The lowest BCUT2D eigenvalue weighted by atomic mass is 9.91. The molecule has 2 atom stereocenters. The Morgan fingerprint density at radius 2 is 1.86 bits per heavy atom. The van der Waals surface area contributed by atoms with Gasteiger partial charge in [-0.15, -0.1) is 0 Å². The summed E-state index contributed by atoms with van der Waals surface area (Å²) < 4.78 is 5.44. The summed E-state index contributed by atoms with van der Waals surface area (Å²) >= 11 is 0. The van der Waals surface area contributed by atoms with E-state index in [1.54, 1.807) is 7.11 Å². The molecule has 2 aliphatic heterocycles. The number of piperazine rings is 1. The maximum absolute atomic E-state index is 13.1. The van der Waals surface area contributed by atoms with Gasteiger partial charge in [0.05, 0.1) is 23.7 Å². The van der Waals surface area contributed by atoms with Crippen molar-refractivity contribution in [2.24, 2.45) is 0 Å². The Hall–Kier alpha value is -3.84. The van der Waals surface area contributed by atoms with Gasteiger partial charge in [0.15, 0.2) is 0 Å². The lowest BCUT2D eigenvalue weighted by Crippen LogP contribution is -2.44. The van der Waals surface area contributed by atoms with Crippen molar-refractivity contribution in [3.05, 3.63) is 71.3 Å². The summed E-state index contributed by atoms with van der Waals surface area (Å²) in [6, 6.07) is 19.0. The first-order valence-corrected chi connectivity index (χ1v) is 13.0. The molecule has 7 nitrogen and oxygen atoms in total. The van der Waals surface area contributed by atoms with E-state index in [9.17, 15) is 4.79 Å². The van der Waals surface area contributed by atoms with E-state index in [2.05, 4.69) is 70.6 Å². The zero-order chi connectivity index (χ0) is 25.3. The van der Waals surface area contributed by atoms with E-state index in [1.165, 1.54) is 11.3 Å². The Kier molecular flexibility index (Phi) is 4.88. The van der Waals surface area contributed by atoms with Crippen LogP contribution >= 0.6 is 0 Å². The highest BCUT2D eigenvalue weighted by molar-refractivity contribution is 6.10. The van der Waals surface area contributed by atoms with Crippen LogP contribution in [0.2, 0.25) is 0 Å². The minimum Gasteiger partial charge on any atom is -0.497 e. The summed E-state index contributed by atoms with van der Waals surface area (Å²) in [4.78, 5) is 17.9. The molecule has 3 heterocycles. The van der Waals surface area contributed by atoms with Crippen molar-refractivity contribution in [1.82, 2.24) is 15.1 Å². The van der Waals surface area contributed by atoms with Crippen LogP contribution in [-0.4, -0.2) is 61.3 Å². The van der Waals surface area contributed by atoms with E-state index in [-0.39, 0.29) is 11.8 Å². The summed E-state index contributed by atoms with van der Waals surface area (Å²) in [7, 11) is 3.84. The molecule has 1 aliphatic carbocycles. The Balaban J connectivity index is 1.18. The molecule has 1 amide bonds. The average Bonchev–Trinajstić information content (AvgIpc) is 3.43. The molecule has 37 heavy (non-hydrogen) atoms. The van der Waals surface area contributed by atoms with Crippen molar-refractivity contribution in [2.75, 3.05) is 50.6 Å². The van der Waals surface area contributed by atoms with Crippen LogP contribution in [-0.2, 0) is 10.2 Å². The number of aromatic nitrogens is 2. The zero-order valence-corrected chi connectivity index (χ0v) is 21.5. The molecular weight excluding hydrogens is 462 g/mol. The highest BCUT2D eigenvalue weighted by Gasteiger charge is 2.65. The number of likely N-dealkylation sites (N-methyl/N-ethyl adjacent to an activating group) is 1. The maximum Gasteiger partial charge on any atom is 0.235 e. The van der Waals surface area contributed by atoms with Gasteiger partial charge >= 0.3 is 0 Å². The summed E-state index contributed by atoms with van der Waals surface area (Å²) in [5, 5.41) is 12.1. The zero-order valence-electron chi connectivity index (χ0n) is 21.5. The van der Waals surface area contributed by atoms with E-state index in [0.717, 1.165) is 77.3 Å². The van der Waals surface area contributed by atoms with Crippen LogP contribution in [0.3, 0.4) is 0 Å². The number of hydrogen-bond acceptors (Lipinski definition) is 5. The van der Waals surface area contributed by atoms with Gasteiger partial charge in [-0.1, -0.05) is 18.2 Å². The lowest BCUT2D eigenvalue weighted by Gasteiger charge is -2.35. The fourth-order valence-electron chi connectivity index (χ4n) is 6.38. The molecule has 0 radical (unpaired) electrons. The maximum atomic E-state index is 13.1. The highest BCUT2D eigenvalue weighted by Crippen LogP contribution is 2.65. The number of benzene rings is 3. The molecule has 2 fully saturated rings. The van der Waals surface area contributed by atoms with Crippen LogP contribution < -0.4 is 15.0 Å². The second kappa shape index (κ2) is 8.08. The predicted octanol–water partition coefficient (Wildman–Crippen LogP) is 4.68. The smallest absolute Gasteiger partial charge is 0.235 e. The van der Waals surface area contributed by atoms with E-state index >= 15 is 0 Å². The summed E-state index contributed by atoms with van der Waals surface area (Å²) in [6.45, 7) is 6.49. The van der Waals surface area contributed by atoms with Crippen LogP contribution in [0.15, 0.2) is 54.6 Å². The third-order valence-electron chi connectivity index (χ3n) is 8.63. The van der Waals surface area contributed by atoms with Gasteiger partial charge in [0.1, 0.15) is 5.75 Å². The molecule has 0 unspecified atom stereocenters. The molecule has 1 saturated heterocycles. The van der Waals surface area contributed by atoms with Gasteiger partial charge < -0.3 is 19.9 Å². The van der Waals surface area contributed by atoms with Gasteiger partial charge in [-0.3, -0.25) is 9.89 Å². The molecule has 3 aliphatic rings. The number of methoxy groups -OCH3 is 1. The van der Waals surface area contributed by atoms with Gasteiger partial charge in [0, 0.05) is 54.4 Å². The van der Waals surface area contributed by atoms with Gasteiger partial charge in [-0.2, -0.15) is 5.10 Å². The van der Waals surface area contributed by atoms with Crippen molar-refractivity contribution < 1.29 is 9.53 Å². The quantitative estimate of drug-likeness (QED) is 0.432. The fourth-order valence-corrected chi connectivity index (χ4v) is 6.38. The number of fused-ring (bicyclic) bond motifs is 3. The van der Waals surface area contributed by atoms with Gasteiger partial charge in [-0.25, -0.2) is 0 Å². The Morgan fingerprint density at radius 3 is 2.65 bits per heavy atom. The van der Waals surface area contributed by atoms with Crippen LogP contribution in [0.5, 0.6) is 5.75 Å². The molecule has 7 rings (SSSR count). The fraction of sp³-hybridized carbons (Fsp3) is 0.333. The van der Waals surface area contributed by atoms with Crippen LogP contribution in [0.4, 0.5) is 11.4 Å². The highest BCUT2D eigenvalue weighted by atomic mass is 16.5. The number of anilines is 2. The molecule has 188 valence electrons. The number of nitrogens with zero attached hydrogens (tertiary/aromatic N) is 3. The molecule has 1 saturated carbocycles. The summed E-state index contributed by atoms with van der Waals surface area (Å²) in [5.41, 5.74) is 8.27. The Morgan fingerprint density at radius 1 is 1.03 bits per heavy atom. The predicted molar refractivity (Wildman–Crippen MR) is 147 cm³/mol. The topological polar surface area (TPSA) is 73.5 Å². The van der Waals surface area contributed by atoms with Gasteiger partial charge in [0.2, 0.25) is 5.91 Å².